The van der Waals surface area contributed by atoms with Gasteiger partial charge in [-0.3, -0.25) is 0 Å². The fraction of sp³-hybridized carbons (Fsp3) is 0.200. The van der Waals surface area contributed by atoms with E-state index >= 15 is 0 Å². The Balaban J connectivity index is 3.45. The highest BCUT2D eigenvalue weighted by Gasteiger charge is 2.18. The zero-order valence-electron chi connectivity index (χ0n) is 8.20. The normalized spacial score (nSPS) is 9.20. The molecule has 5 heteroatoms. The van der Waals surface area contributed by atoms with Crippen molar-refractivity contribution in [3.8, 4) is 11.8 Å². The van der Waals surface area contributed by atoms with Crippen molar-refractivity contribution < 1.29 is 14.3 Å². The summed E-state index contributed by atoms with van der Waals surface area (Å²) in [5, 5.41) is 8.89. The number of carbonyl (C=O) groups excluding carboxylic acids is 1. The molecule has 4 nitrogen and oxygen atoms in total. The molecule has 0 radical (unpaired) electrons. The number of nitriles is 1. The van der Waals surface area contributed by atoms with Crippen molar-refractivity contribution in [3.05, 3.63) is 26.8 Å². The Hall–Kier alpha value is -1.29. The molecule has 78 valence electrons. The van der Waals surface area contributed by atoms with E-state index in [0.717, 1.165) is 3.57 Å². The number of halogens is 1. The van der Waals surface area contributed by atoms with Gasteiger partial charge in [-0.15, -0.1) is 0 Å². The van der Waals surface area contributed by atoms with Gasteiger partial charge < -0.3 is 9.47 Å². The van der Waals surface area contributed by atoms with Gasteiger partial charge in [0.25, 0.3) is 0 Å². The zero-order chi connectivity index (χ0) is 11.4. The summed E-state index contributed by atoms with van der Waals surface area (Å²) in [5.74, 6) is -0.217. The van der Waals surface area contributed by atoms with Crippen LogP contribution in [-0.2, 0) is 4.74 Å². The van der Waals surface area contributed by atoms with Gasteiger partial charge in [-0.05, 0) is 34.7 Å². The first kappa shape index (κ1) is 11.8. The number of nitrogens with zero attached hydrogens (tertiary/aromatic N) is 1. The largest absolute Gasteiger partial charge is 0.496 e. The molecule has 0 saturated carbocycles. The van der Waals surface area contributed by atoms with E-state index in [1.54, 1.807) is 12.1 Å². The number of hydrogen-bond acceptors (Lipinski definition) is 4. The molecule has 0 bridgehead atoms. The van der Waals surface area contributed by atoms with E-state index in [2.05, 4.69) is 4.74 Å². The van der Waals surface area contributed by atoms with Gasteiger partial charge in [-0.1, -0.05) is 0 Å². The van der Waals surface area contributed by atoms with Crippen LogP contribution >= 0.6 is 22.6 Å². The Morgan fingerprint density at radius 3 is 2.60 bits per heavy atom. The maximum Gasteiger partial charge on any atom is 0.343 e. The molecule has 0 amide bonds. The summed E-state index contributed by atoms with van der Waals surface area (Å²) >= 11 is 2.05. The van der Waals surface area contributed by atoms with Crippen LogP contribution in [0.2, 0.25) is 0 Å². The molecule has 0 unspecified atom stereocenters. The zero-order valence-corrected chi connectivity index (χ0v) is 10.4. The molecule has 1 aromatic rings. The van der Waals surface area contributed by atoms with Crippen molar-refractivity contribution in [1.82, 2.24) is 0 Å². The molecule has 0 atom stereocenters. The van der Waals surface area contributed by atoms with Crippen molar-refractivity contribution in [1.29, 1.82) is 5.26 Å². The first-order valence-electron chi connectivity index (χ1n) is 4.00. The number of carbonyl (C=O) groups is 1. The van der Waals surface area contributed by atoms with E-state index < -0.39 is 5.97 Å². The van der Waals surface area contributed by atoms with Crippen LogP contribution < -0.4 is 4.74 Å². The molecular weight excluding hydrogens is 309 g/mol. The van der Waals surface area contributed by atoms with Crippen LogP contribution in [0, 0.1) is 14.9 Å². The average Bonchev–Trinajstić information content (AvgIpc) is 2.26. The summed E-state index contributed by atoms with van der Waals surface area (Å²) < 4.78 is 10.5. The van der Waals surface area contributed by atoms with Gasteiger partial charge in [0.1, 0.15) is 17.4 Å². The molecule has 1 aromatic carbocycles. The molecule has 0 aliphatic carbocycles. The number of benzene rings is 1. The molecular formula is C10H8INO3. The summed E-state index contributed by atoms with van der Waals surface area (Å²) in [6.45, 7) is 0. The summed E-state index contributed by atoms with van der Waals surface area (Å²) in [5.41, 5.74) is 0.425. The first-order valence-corrected chi connectivity index (χ1v) is 5.07. The van der Waals surface area contributed by atoms with Gasteiger partial charge in [0.2, 0.25) is 0 Å². The third kappa shape index (κ3) is 2.39. The molecule has 1 rings (SSSR count). The van der Waals surface area contributed by atoms with E-state index in [4.69, 9.17) is 10.00 Å². The number of methoxy groups -OCH3 is 2. The Morgan fingerprint density at radius 2 is 2.13 bits per heavy atom. The van der Waals surface area contributed by atoms with Crippen molar-refractivity contribution in [2.24, 2.45) is 0 Å². The summed E-state index contributed by atoms with van der Waals surface area (Å²) in [6, 6.07) is 5.22. The minimum absolute atomic E-state index is 0.169. The van der Waals surface area contributed by atoms with E-state index in [1.807, 2.05) is 28.7 Å². The highest BCUT2D eigenvalue weighted by Crippen LogP contribution is 2.25. The fourth-order valence-electron chi connectivity index (χ4n) is 1.14. The topological polar surface area (TPSA) is 59.3 Å². The SMILES string of the molecule is COC(=O)c1c(C#N)cc(I)cc1OC. The first-order chi connectivity index (χ1) is 7.13. The van der Waals surface area contributed by atoms with E-state index in [9.17, 15) is 4.79 Å². The Morgan fingerprint density at radius 1 is 1.47 bits per heavy atom. The summed E-state index contributed by atoms with van der Waals surface area (Å²) in [7, 11) is 2.71. The second kappa shape index (κ2) is 4.98. The lowest BCUT2D eigenvalue weighted by molar-refractivity contribution is 0.0596. The minimum Gasteiger partial charge on any atom is -0.496 e. The van der Waals surface area contributed by atoms with Crippen LogP contribution in [0.15, 0.2) is 12.1 Å². The molecule has 0 heterocycles. The molecule has 15 heavy (non-hydrogen) atoms. The average molecular weight is 317 g/mol. The van der Waals surface area contributed by atoms with Crippen molar-refractivity contribution in [2.75, 3.05) is 14.2 Å². The van der Waals surface area contributed by atoms with E-state index in [1.165, 1.54) is 14.2 Å². The highest BCUT2D eigenvalue weighted by atomic mass is 127. The second-order valence-electron chi connectivity index (χ2n) is 2.63. The van der Waals surface area contributed by atoms with Gasteiger partial charge >= 0.3 is 5.97 Å². The van der Waals surface area contributed by atoms with Crippen LogP contribution in [0.1, 0.15) is 15.9 Å². The highest BCUT2D eigenvalue weighted by molar-refractivity contribution is 14.1. The quantitative estimate of drug-likeness (QED) is 0.618. The minimum atomic E-state index is -0.570. The monoisotopic (exact) mass is 317 g/mol. The van der Waals surface area contributed by atoms with Gasteiger partial charge in [0.15, 0.2) is 0 Å². The van der Waals surface area contributed by atoms with Gasteiger partial charge in [0, 0.05) is 3.57 Å². The molecule has 0 aliphatic rings. The van der Waals surface area contributed by atoms with Crippen molar-refractivity contribution in [3.63, 3.8) is 0 Å². The predicted octanol–water partition coefficient (Wildman–Crippen LogP) is 1.96. The van der Waals surface area contributed by atoms with Crippen LogP contribution in [0.25, 0.3) is 0 Å². The summed E-state index contributed by atoms with van der Waals surface area (Å²) in [4.78, 5) is 11.4. The molecule has 0 aromatic heterocycles. The Kier molecular flexibility index (Phi) is 3.91. The number of ether oxygens (including phenoxy) is 2. The lowest BCUT2D eigenvalue weighted by Crippen LogP contribution is -2.07. The maximum atomic E-state index is 11.4. The number of esters is 1. The van der Waals surface area contributed by atoms with Crippen LogP contribution in [0.3, 0.4) is 0 Å². The third-order valence-electron chi connectivity index (χ3n) is 1.80. The fourth-order valence-corrected chi connectivity index (χ4v) is 1.74. The Bertz CT molecular complexity index is 437. The lowest BCUT2D eigenvalue weighted by atomic mass is 10.1. The molecule has 0 spiro atoms. The van der Waals surface area contributed by atoms with Crippen LogP contribution in [0.4, 0.5) is 0 Å². The predicted molar refractivity (Wildman–Crippen MR) is 61.8 cm³/mol. The Labute approximate surface area is 101 Å². The van der Waals surface area contributed by atoms with Gasteiger partial charge in [-0.2, -0.15) is 5.26 Å². The second-order valence-corrected chi connectivity index (χ2v) is 3.88. The van der Waals surface area contributed by atoms with E-state index in [-0.39, 0.29) is 11.1 Å². The molecule has 0 saturated heterocycles. The smallest absolute Gasteiger partial charge is 0.343 e. The van der Waals surface area contributed by atoms with Crippen molar-refractivity contribution in [2.45, 2.75) is 0 Å². The van der Waals surface area contributed by atoms with Crippen LogP contribution in [0.5, 0.6) is 5.75 Å². The standard InChI is InChI=1S/C10H8INO3/c1-14-8-4-7(11)3-6(5-12)9(8)10(13)15-2/h3-4H,1-2H3. The summed E-state index contributed by atoms with van der Waals surface area (Å²) in [6.07, 6.45) is 0. The lowest BCUT2D eigenvalue weighted by Gasteiger charge is -2.08. The molecule has 0 aliphatic heterocycles. The molecule has 0 fully saturated rings. The van der Waals surface area contributed by atoms with Gasteiger partial charge in [-0.25, -0.2) is 4.79 Å². The van der Waals surface area contributed by atoms with Crippen LogP contribution in [-0.4, -0.2) is 20.2 Å². The van der Waals surface area contributed by atoms with E-state index in [0.29, 0.717) is 5.75 Å². The van der Waals surface area contributed by atoms with Crippen molar-refractivity contribution >= 4 is 28.6 Å². The van der Waals surface area contributed by atoms with Gasteiger partial charge in [0.05, 0.1) is 19.8 Å². The maximum absolute atomic E-state index is 11.4. The number of hydrogen-bond donors (Lipinski definition) is 0. The number of rotatable bonds is 2. The molecule has 0 N–H and O–H groups in total. The third-order valence-corrected chi connectivity index (χ3v) is 2.42.